The third-order valence-electron chi connectivity index (χ3n) is 7.90. The SMILES string of the molecule is CC(=Nc1ccc(C(=O)O)cc1)C1=C(O)[C@@]2(O)C(=O)c3c(c(C)c4ccc(C)c(O)c4c3O)C[C@H]2[C@@H](N)C1=O.Cl. The predicted octanol–water partition coefficient (Wildman–Crippen LogP) is 3.59. The molecular weight excluding hydrogens is 540 g/mol. The van der Waals surface area contributed by atoms with Crippen molar-refractivity contribution in [3.05, 3.63) is 75.5 Å². The number of Topliss-reactive ketones (excluding diaryl/α,β-unsaturated/α-hetero) is 2. The van der Waals surface area contributed by atoms with E-state index in [1.54, 1.807) is 26.0 Å². The Balaban J connectivity index is 0.00000370. The molecule has 0 saturated heterocycles. The maximum absolute atomic E-state index is 13.9. The molecule has 10 nitrogen and oxygen atoms in total. The minimum Gasteiger partial charge on any atom is -0.508 e. The minimum absolute atomic E-state index is 0. The third kappa shape index (κ3) is 3.87. The number of aryl methyl sites for hydroxylation is 2. The summed E-state index contributed by atoms with van der Waals surface area (Å²) in [6.07, 6.45) is -0.0986. The van der Waals surface area contributed by atoms with Crippen LogP contribution in [-0.4, -0.2) is 60.4 Å². The summed E-state index contributed by atoms with van der Waals surface area (Å²) < 4.78 is 0. The van der Waals surface area contributed by atoms with Gasteiger partial charge >= 0.3 is 5.97 Å². The smallest absolute Gasteiger partial charge is 0.335 e. The van der Waals surface area contributed by atoms with E-state index in [4.69, 9.17) is 10.8 Å². The highest BCUT2D eigenvalue weighted by Crippen LogP contribution is 2.50. The van der Waals surface area contributed by atoms with Crippen molar-refractivity contribution in [3.8, 4) is 11.5 Å². The van der Waals surface area contributed by atoms with E-state index >= 15 is 0 Å². The Hall–Kier alpha value is -4.25. The van der Waals surface area contributed by atoms with Gasteiger partial charge in [-0.3, -0.25) is 14.6 Å². The molecule has 0 unspecified atom stereocenters. The van der Waals surface area contributed by atoms with Crippen LogP contribution in [0.25, 0.3) is 10.8 Å². The van der Waals surface area contributed by atoms with Gasteiger partial charge in [-0.25, -0.2) is 4.79 Å². The molecule has 11 heteroatoms. The van der Waals surface area contributed by atoms with Gasteiger partial charge in [-0.05, 0) is 73.5 Å². The number of nitrogens with two attached hydrogens (primary N) is 1. The molecule has 3 atom stereocenters. The molecule has 0 aliphatic heterocycles. The largest absolute Gasteiger partial charge is 0.508 e. The maximum Gasteiger partial charge on any atom is 0.335 e. The second-order valence-electron chi connectivity index (χ2n) is 10.0. The van der Waals surface area contributed by atoms with Gasteiger partial charge in [0.25, 0.3) is 0 Å². The normalized spacial score (nSPS) is 22.6. The maximum atomic E-state index is 13.9. The third-order valence-corrected chi connectivity index (χ3v) is 7.90. The molecule has 7 N–H and O–H groups in total. The molecule has 0 bridgehead atoms. The van der Waals surface area contributed by atoms with Crippen molar-refractivity contribution in [1.29, 1.82) is 0 Å². The molecule has 208 valence electrons. The number of carboxylic acids is 1. The topological polar surface area (TPSA) is 191 Å². The van der Waals surface area contributed by atoms with Crippen LogP contribution in [0.5, 0.6) is 11.5 Å². The molecule has 0 heterocycles. The molecule has 5 rings (SSSR count). The summed E-state index contributed by atoms with van der Waals surface area (Å²) in [7, 11) is 0. The zero-order chi connectivity index (χ0) is 28.5. The Morgan fingerprint density at radius 3 is 2.25 bits per heavy atom. The first-order valence-corrected chi connectivity index (χ1v) is 12.2. The number of aliphatic hydroxyl groups excluding tert-OH is 1. The molecule has 3 aromatic rings. The summed E-state index contributed by atoms with van der Waals surface area (Å²) in [5.41, 5.74) is 4.60. The van der Waals surface area contributed by atoms with E-state index in [1.165, 1.54) is 31.2 Å². The standard InChI is InChI=1S/C29H26N2O8.ClH/c1-11-4-9-16-12(2)17-10-18-22(30)25(34)19(13(3)31-15-7-5-14(6-8-15)28(37)38)26(35)29(18,39)27(36)21(17)24(33)20(16)23(11)32;/h4-9,18,22,32-33,35,39H,10,30H2,1-3H3,(H,37,38);1H/t18-,22+,29+;/m0./s1. The van der Waals surface area contributed by atoms with Crippen LogP contribution < -0.4 is 5.73 Å². The van der Waals surface area contributed by atoms with Gasteiger partial charge < -0.3 is 31.3 Å². The van der Waals surface area contributed by atoms with E-state index in [0.29, 0.717) is 22.1 Å². The fourth-order valence-electron chi connectivity index (χ4n) is 5.70. The van der Waals surface area contributed by atoms with Crippen LogP contribution in [-0.2, 0) is 11.2 Å². The number of carboxylic acid groups (broad SMARTS) is 1. The summed E-state index contributed by atoms with van der Waals surface area (Å²) in [4.78, 5) is 42.7. The number of ketones is 2. The van der Waals surface area contributed by atoms with Crippen LogP contribution in [0, 0.1) is 19.8 Å². The van der Waals surface area contributed by atoms with Crippen LogP contribution in [0.3, 0.4) is 0 Å². The molecule has 0 radical (unpaired) electrons. The number of benzene rings is 3. The highest BCUT2D eigenvalue weighted by Gasteiger charge is 2.60. The molecule has 0 spiro atoms. The summed E-state index contributed by atoms with van der Waals surface area (Å²) in [6.45, 7) is 4.73. The van der Waals surface area contributed by atoms with Crippen LogP contribution in [0.2, 0.25) is 0 Å². The Morgan fingerprint density at radius 1 is 1.02 bits per heavy atom. The number of nitrogens with zero attached hydrogens (tertiary/aromatic N) is 1. The molecule has 2 aliphatic rings. The number of aliphatic imine (C=N–C) groups is 1. The quantitative estimate of drug-likeness (QED) is 0.257. The van der Waals surface area contributed by atoms with Gasteiger partial charge in [0, 0.05) is 5.92 Å². The predicted molar refractivity (Wildman–Crippen MR) is 149 cm³/mol. The average molecular weight is 567 g/mol. The summed E-state index contributed by atoms with van der Waals surface area (Å²) in [5, 5.41) is 54.6. The van der Waals surface area contributed by atoms with Crippen LogP contribution in [0.4, 0.5) is 5.69 Å². The average Bonchev–Trinajstić information content (AvgIpc) is 2.89. The number of hydrogen-bond acceptors (Lipinski definition) is 9. The van der Waals surface area contributed by atoms with E-state index in [9.17, 15) is 34.8 Å². The van der Waals surface area contributed by atoms with Gasteiger partial charge in [-0.1, -0.05) is 12.1 Å². The van der Waals surface area contributed by atoms with Crippen molar-refractivity contribution in [2.45, 2.75) is 38.8 Å². The van der Waals surface area contributed by atoms with Crippen LogP contribution >= 0.6 is 12.4 Å². The van der Waals surface area contributed by atoms with E-state index in [-0.39, 0.29) is 52.5 Å². The number of fused-ring (bicyclic) bond motifs is 3. The van der Waals surface area contributed by atoms with Crippen molar-refractivity contribution < 1.29 is 39.9 Å². The zero-order valence-corrected chi connectivity index (χ0v) is 22.5. The molecule has 0 fully saturated rings. The fourth-order valence-corrected chi connectivity index (χ4v) is 5.70. The fraction of sp³-hybridized carbons (Fsp3) is 0.241. The van der Waals surface area contributed by atoms with E-state index < -0.39 is 52.2 Å². The van der Waals surface area contributed by atoms with E-state index in [1.807, 2.05) is 0 Å². The molecule has 3 aromatic carbocycles. The highest BCUT2D eigenvalue weighted by molar-refractivity contribution is 6.27. The van der Waals surface area contributed by atoms with Gasteiger partial charge in [-0.2, -0.15) is 0 Å². The van der Waals surface area contributed by atoms with Gasteiger partial charge in [0.05, 0.1) is 39.5 Å². The number of carbonyl (C=O) groups is 3. The lowest BCUT2D eigenvalue weighted by atomic mass is 9.61. The number of aliphatic hydroxyl groups is 2. The van der Waals surface area contributed by atoms with Crippen molar-refractivity contribution in [1.82, 2.24) is 0 Å². The summed E-state index contributed by atoms with van der Waals surface area (Å²) in [5.74, 6) is -5.81. The van der Waals surface area contributed by atoms with Crippen LogP contribution in [0.1, 0.15) is 44.3 Å². The second kappa shape index (κ2) is 9.74. The number of hydrogen-bond donors (Lipinski definition) is 6. The summed E-state index contributed by atoms with van der Waals surface area (Å²) >= 11 is 0. The van der Waals surface area contributed by atoms with Gasteiger partial charge in [0.15, 0.2) is 11.4 Å². The Labute approximate surface area is 234 Å². The minimum atomic E-state index is -2.64. The highest BCUT2D eigenvalue weighted by atomic mass is 35.5. The van der Waals surface area contributed by atoms with Crippen molar-refractivity contribution >= 4 is 52.1 Å². The number of aromatic carboxylic acids is 1. The van der Waals surface area contributed by atoms with Gasteiger partial charge in [0.2, 0.25) is 5.78 Å². The molecule has 0 amide bonds. The van der Waals surface area contributed by atoms with Crippen molar-refractivity contribution in [3.63, 3.8) is 0 Å². The Kier molecular flexibility index (Phi) is 7.00. The van der Waals surface area contributed by atoms with E-state index in [2.05, 4.69) is 4.99 Å². The Morgan fingerprint density at radius 2 is 1.65 bits per heavy atom. The molecular formula is C29H27ClN2O8. The lowest BCUT2D eigenvalue weighted by Crippen LogP contribution is -2.63. The Bertz CT molecular complexity index is 1690. The number of halogens is 1. The first-order valence-electron chi connectivity index (χ1n) is 12.2. The summed E-state index contributed by atoms with van der Waals surface area (Å²) in [6, 6.07) is 7.42. The first kappa shape index (κ1) is 28.8. The van der Waals surface area contributed by atoms with E-state index in [0.717, 1.165) is 0 Å². The number of phenolic OH excluding ortho intramolecular Hbond substituents is 2. The van der Waals surface area contributed by atoms with Gasteiger partial charge in [-0.15, -0.1) is 12.4 Å². The lowest BCUT2D eigenvalue weighted by molar-refractivity contribution is -0.122. The van der Waals surface area contributed by atoms with Gasteiger partial charge in [0.1, 0.15) is 17.3 Å². The number of carbonyl (C=O) groups excluding carboxylic acids is 2. The monoisotopic (exact) mass is 566 g/mol. The first-order chi connectivity index (χ1) is 18.3. The second-order valence-corrected chi connectivity index (χ2v) is 10.0. The number of aromatic hydroxyl groups is 2. The van der Waals surface area contributed by atoms with Crippen molar-refractivity contribution in [2.24, 2.45) is 16.6 Å². The molecule has 2 aliphatic carbocycles. The lowest BCUT2D eigenvalue weighted by Gasteiger charge is -2.45. The molecule has 40 heavy (non-hydrogen) atoms. The van der Waals surface area contributed by atoms with Crippen LogP contribution in [0.15, 0.2) is 52.7 Å². The molecule has 0 aromatic heterocycles. The molecule has 0 saturated carbocycles. The number of rotatable bonds is 3. The van der Waals surface area contributed by atoms with Crippen molar-refractivity contribution in [2.75, 3.05) is 0 Å². The number of phenols is 2. The zero-order valence-electron chi connectivity index (χ0n) is 21.7.